The van der Waals surface area contributed by atoms with Gasteiger partial charge in [-0.15, -0.1) is 0 Å². The van der Waals surface area contributed by atoms with E-state index in [9.17, 15) is 10.1 Å². The van der Waals surface area contributed by atoms with E-state index in [4.69, 9.17) is 9.84 Å². The van der Waals surface area contributed by atoms with E-state index in [0.717, 1.165) is 0 Å². The van der Waals surface area contributed by atoms with Gasteiger partial charge in [0, 0.05) is 0 Å². The van der Waals surface area contributed by atoms with Gasteiger partial charge in [0.05, 0.1) is 11.5 Å². The molecule has 0 aliphatic carbocycles. The first-order chi connectivity index (χ1) is 6.16. The standard InChI is InChI=1S/C8H9NO4/c1-2-13-7-5-3-4-6(10)8(7)9(11)12/h3-5,10H,2H2,1H3. The Labute approximate surface area is 74.7 Å². The monoisotopic (exact) mass is 183 g/mol. The van der Waals surface area contributed by atoms with Crippen LogP contribution in [0, 0.1) is 10.1 Å². The van der Waals surface area contributed by atoms with Crippen LogP contribution in [-0.4, -0.2) is 16.6 Å². The summed E-state index contributed by atoms with van der Waals surface area (Å²) < 4.78 is 4.98. The SMILES string of the molecule is CCOc1cccc(O)c1[N+](=O)[O-]. The Morgan fingerprint density at radius 3 is 2.85 bits per heavy atom. The number of rotatable bonds is 3. The molecule has 0 heterocycles. The van der Waals surface area contributed by atoms with Gasteiger partial charge in [-0.05, 0) is 19.1 Å². The maximum Gasteiger partial charge on any atom is 0.352 e. The number of nitro benzene ring substituents is 1. The molecule has 0 saturated heterocycles. The van der Waals surface area contributed by atoms with E-state index in [1.54, 1.807) is 6.92 Å². The fraction of sp³-hybridized carbons (Fsp3) is 0.250. The Bertz CT molecular complexity index is 324. The fourth-order valence-electron chi connectivity index (χ4n) is 0.966. The zero-order chi connectivity index (χ0) is 9.84. The highest BCUT2D eigenvalue weighted by Gasteiger charge is 2.19. The lowest BCUT2D eigenvalue weighted by Gasteiger charge is -2.03. The molecule has 5 heteroatoms. The van der Waals surface area contributed by atoms with Crippen molar-refractivity contribution in [2.75, 3.05) is 6.61 Å². The lowest BCUT2D eigenvalue weighted by atomic mass is 10.3. The summed E-state index contributed by atoms with van der Waals surface area (Å²) >= 11 is 0. The molecule has 0 saturated carbocycles. The molecule has 70 valence electrons. The van der Waals surface area contributed by atoms with Crippen LogP contribution in [0.5, 0.6) is 11.5 Å². The predicted octanol–water partition coefficient (Wildman–Crippen LogP) is 1.70. The van der Waals surface area contributed by atoms with Crippen LogP contribution in [0.3, 0.4) is 0 Å². The van der Waals surface area contributed by atoms with Gasteiger partial charge >= 0.3 is 5.69 Å². The Kier molecular flexibility index (Phi) is 2.69. The Hall–Kier alpha value is -1.78. The molecule has 1 N–H and O–H groups in total. The molecular weight excluding hydrogens is 174 g/mol. The summed E-state index contributed by atoms with van der Waals surface area (Å²) in [7, 11) is 0. The summed E-state index contributed by atoms with van der Waals surface area (Å²) in [6.07, 6.45) is 0. The maximum atomic E-state index is 10.5. The molecule has 13 heavy (non-hydrogen) atoms. The minimum atomic E-state index is -0.666. The smallest absolute Gasteiger partial charge is 0.352 e. The average molecular weight is 183 g/mol. The molecule has 1 aromatic carbocycles. The molecule has 0 atom stereocenters. The highest BCUT2D eigenvalue weighted by molar-refractivity contribution is 5.56. The number of hydrogen-bond acceptors (Lipinski definition) is 4. The molecule has 0 bridgehead atoms. The third-order valence-electron chi connectivity index (χ3n) is 1.46. The van der Waals surface area contributed by atoms with Crippen LogP contribution >= 0.6 is 0 Å². The number of para-hydroxylation sites is 1. The van der Waals surface area contributed by atoms with Crippen LogP contribution in [0.15, 0.2) is 18.2 Å². The van der Waals surface area contributed by atoms with Crippen LogP contribution in [0.4, 0.5) is 5.69 Å². The Morgan fingerprint density at radius 2 is 2.31 bits per heavy atom. The number of phenols is 1. The zero-order valence-electron chi connectivity index (χ0n) is 7.06. The average Bonchev–Trinajstić information content (AvgIpc) is 2.04. The minimum Gasteiger partial charge on any atom is -0.502 e. The summed E-state index contributed by atoms with van der Waals surface area (Å²) in [6.45, 7) is 2.04. The molecule has 1 aromatic rings. The molecule has 0 amide bonds. The van der Waals surface area contributed by atoms with Gasteiger partial charge in [0.25, 0.3) is 0 Å². The van der Waals surface area contributed by atoms with Crippen LogP contribution in [0.2, 0.25) is 0 Å². The van der Waals surface area contributed by atoms with E-state index in [-0.39, 0.29) is 17.2 Å². The van der Waals surface area contributed by atoms with Gasteiger partial charge < -0.3 is 9.84 Å². The van der Waals surface area contributed by atoms with Crippen molar-refractivity contribution in [2.24, 2.45) is 0 Å². The number of aromatic hydroxyl groups is 1. The van der Waals surface area contributed by atoms with Crippen molar-refractivity contribution in [3.05, 3.63) is 28.3 Å². The van der Waals surface area contributed by atoms with Crippen molar-refractivity contribution in [2.45, 2.75) is 6.92 Å². The second kappa shape index (κ2) is 3.75. The molecule has 0 fully saturated rings. The summed E-state index contributed by atoms with van der Waals surface area (Å²) in [5.74, 6) is -0.288. The predicted molar refractivity (Wildman–Crippen MR) is 45.9 cm³/mol. The highest BCUT2D eigenvalue weighted by atomic mass is 16.6. The molecule has 5 nitrogen and oxygen atoms in total. The van der Waals surface area contributed by atoms with E-state index in [2.05, 4.69) is 0 Å². The lowest BCUT2D eigenvalue weighted by Crippen LogP contribution is -1.97. The van der Waals surface area contributed by atoms with Gasteiger partial charge in [-0.1, -0.05) is 6.07 Å². The van der Waals surface area contributed by atoms with Crippen molar-refractivity contribution >= 4 is 5.69 Å². The summed E-state index contributed by atoms with van der Waals surface area (Å²) in [6, 6.07) is 4.19. The molecule has 0 radical (unpaired) electrons. The van der Waals surface area contributed by atoms with Gasteiger partial charge in [0.15, 0.2) is 5.75 Å². The van der Waals surface area contributed by atoms with Crippen molar-refractivity contribution < 1.29 is 14.8 Å². The van der Waals surface area contributed by atoms with Crippen LogP contribution in [-0.2, 0) is 0 Å². The molecule has 0 aliphatic heterocycles. The number of benzene rings is 1. The van der Waals surface area contributed by atoms with Crippen molar-refractivity contribution in [3.63, 3.8) is 0 Å². The van der Waals surface area contributed by atoms with Gasteiger partial charge in [-0.25, -0.2) is 0 Å². The second-order valence-electron chi connectivity index (χ2n) is 2.31. The van der Waals surface area contributed by atoms with E-state index < -0.39 is 4.92 Å². The van der Waals surface area contributed by atoms with Crippen LogP contribution in [0.25, 0.3) is 0 Å². The molecular formula is C8H9NO4. The van der Waals surface area contributed by atoms with Crippen molar-refractivity contribution in [1.29, 1.82) is 0 Å². The topological polar surface area (TPSA) is 72.6 Å². The number of phenolic OH excluding ortho intramolecular Hbond substituents is 1. The third kappa shape index (κ3) is 1.87. The van der Waals surface area contributed by atoms with E-state index >= 15 is 0 Å². The quantitative estimate of drug-likeness (QED) is 0.571. The van der Waals surface area contributed by atoms with Gasteiger partial charge in [0.2, 0.25) is 5.75 Å². The van der Waals surface area contributed by atoms with Crippen LogP contribution in [0.1, 0.15) is 6.92 Å². The minimum absolute atomic E-state index is 0.0903. The van der Waals surface area contributed by atoms with Crippen LogP contribution < -0.4 is 4.74 Å². The summed E-state index contributed by atoms with van der Waals surface area (Å²) in [4.78, 5) is 9.82. The van der Waals surface area contributed by atoms with E-state index in [0.29, 0.717) is 6.61 Å². The normalized spacial score (nSPS) is 9.62. The van der Waals surface area contributed by atoms with E-state index in [1.165, 1.54) is 18.2 Å². The first-order valence-electron chi connectivity index (χ1n) is 3.76. The fourth-order valence-corrected chi connectivity index (χ4v) is 0.966. The summed E-state index contributed by atoms with van der Waals surface area (Å²) in [5.41, 5.74) is -0.385. The molecule has 0 spiro atoms. The number of hydrogen-bond donors (Lipinski definition) is 1. The molecule has 0 unspecified atom stereocenters. The van der Waals surface area contributed by atoms with Gasteiger partial charge in [0.1, 0.15) is 0 Å². The molecule has 0 aromatic heterocycles. The number of ether oxygens (including phenoxy) is 1. The first-order valence-corrected chi connectivity index (χ1v) is 3.76. The maximum absolute atomic E-state index is 10.5. The number of nitrogens with zero attached hydrogens (tertiary/aromatic N) is 1. The third-order valence-corrected chi connectivity index (χ3v) is 1.46. The van der Waals surface area contributed by atoms with Crippen molar-refractivity contribution in [1.82, 2.24) is 0 Å². The summed E-state index contributed by atoms with van der Waals surface area (Å²) in [5, 5.41) is 19.6. The van der Waals surface area contributed by atoms with Gasteiger partial charge in [-0.3, -0.25) is 10.1 Å². The molecule has 0 aliphatic rings. The largest absolute Gasteiger partial charge is 0.502 e. The van der Waals surface area contributed by atoms with Crippen molar-refractivity contribution in [3.8, 4) is 11.5 Å². The first kappa shape index (κ1) is 9.31. The zero-order valence-corrected chi connectivity index (χ0v) is 7.06. The van der Waals surface area contributed by atoms with Gasteiger partial charge in [-0.2, -0.15) is 0 Å². The lowest BCUT2D eigenvalue weighted by molar-refractivity contribution is -0.386. The molecule has 1 rings (SSSR count). The Balaban J connectivity index is 3.17. The number of nitro groups is 1. The highest BCUT2D eigenvalue weighted by Crippen LogP contribution is 2.35. The Morgan fingerprint density at radius 1 is 1.62 bits per heavy atom. The second-order valence-corrected chi connectivity index (χ2v) is 2.31. The van der Waals surface area contributed by atoms with E-state index in [1.807, 2.05) is 0 Å².